The van der Waals surface area contributed by atoms with E-state index in [1.807, 2.05) is 12.1 Å². The second-order valence-corrected chi connectivity index (χ2v) is 4.16. The number of nitrogens with zero attached hydrogens (tertiary/aromatic N) is 1. The third-order valence-corrected chi connectivity index (χ3v) is 2.71. The minimum absolute atomic E-state index is 0.354. The highest BCUT2D eigenvalue weighted by atomic mass is 16.5. The Morgan fingerprint density at radius 3 is 2.80 bits per heavy atom. The predicted molar refractivity (Wildman–Crippen MR) is 61.5 cm³/mol. The van der Waals surface area contributed by atoms with Gasteiger partial charge in [0.05, 0.1) is 12.7 Å². The molecule has 1 aromatic rings. The van der Waals surface area contributed by atoms with Crippen molar-refractivity contribution in [2.24, 2.45) is 0 Å². The van der Waals surface area contributed by atoms with Crippen molar-refractivity contribution in [3.8, 4) is 0 Å². The van der Waals surface area contributed by atoms with Gasteiger partial charge in [-0.15, -0.1) is 0 Å². The van der Waals surface area contributed by atoms with Crippen LogP contribution in [0.4, 0.5) is 5.69 Å². The summed E-state index contributed by atoms with van der Waals surface area (Å²) in [4.78, 5) is 2.42. The van der Waals surface area contributed by atoms with E-state index in [0.29, 0.717) is 6.10 Å². The Hall–Kier alpha value is -1.06. The highest BCUT2D eigenvalue weighted by molar-refractivity contribution is 5.39. The van der Waals surface area contributed by atoms with Gasteiger partial charge in [-0.3, -0.25) is 4.90 Å². The maximum absolute atomic E-state index is 5.65. The summed E-state index contributed by atoms with van der Waals surface area (Å²) in [5.41, 5.74) is 7.79. The van der Waals surface area contributed by atoms with Crippen LogP contribution in [0.1, 0.15) is 12.5 Å². The van der Waals surface area contributed by atoms with Gasteiger partial charge in [0, 0.05) is 25.3 Å². The number of nitrogens with two attached hydrogens (primary N) is 1. The van der Waals surface area contributed by atoms with Crippen molar-refractivity contribution in [3.63, 3.8) is 0 Å². The van der Waals surface area contributed by atoms with E-state index in [1.54, 1.807) is 0 Å². The summed E-state index contributed by atoms with van der Waals surface area (Å²) in [5.74, 6) is 0. The van der Waals surface area contributed by atoms with Crippen molar-refractivity contribution in [3.05, 3.63) is 29.8 Å². The van der Waals surface area contributed by atoms with E-state index < -0.39 is 0 Å². The first kappa shape index (κ1) is 10.5. The first-order valence-corrected chi connectivity index (χ1v) is 5.42. The molecule has 3 nitrogen and oxygen atoms in total. The van der Waals surface area contributed by atoms with Gasteiger partial charge in [0.15, 0.2) is 0 Å². The van der Waals surface area contributed by atoms with Crippen LogP contribution in [-0.2, 0) is 11.3 Å². The zero-order valence-electron chi connectivity index (χ0n) is 9.15. The van der Waals surface area contributed by atoms with Crippen molar-refractivity contribution >= 4 is 5.69 Å². The van der Waals surface area contributed by atoms with Crippen molar-refractivity contribution < 1.29 is 4.74 Å². The smallest absolute Gasteiger partial charge is 0.0674 e. The third kappa shape index (κ3) is 2.94. The Bertz CT molecular complexity index is 310. The van der Waals surface area contributed by atoms with Gasteiger partial charge in [-0.05, 0) is 24.6 Å². The molecule has 2 N–H and O–H groups in total. The van der Waals surface area contributed by atoms with Crippen LogP contribution in [0.5, 0.6) is 0 Å². The molecular formula is C12H18N2O. The molecule has 0 bridgehead atoms. The second kappa shape index (κ2) is 4.64. The molecule has 0 radical (unpaired) electrons. The van der Waals surface area contributed by atoms with E-state index in [2.05, 4.69) is 24.0 Å². The van der Waals surface area contributed by atoms with Gasteiger partial charge >= 0.3 is 0 Å². The number of benzene rings is 1. The summed E-state index contributed by atoms with van der Waals surface area (Å²) in [6, 6.07) is 8.10. The molecule has 1 aliphatic heterocycles. The quantitative estimate of drug-likeness (QED) is 0.745. The Labute approximate surface area is 90.8 Å². The number of morpholine rings is 1. The zero-order chi connectivity index (χ0) is 10.7. The molecule has 0 aliphatic carbocycles. The Morgan fingerprint density at radius 1 is 1.40 bits per heavy atom. The van der Waals surface area contributed by atoms with E-state index in [4.69, 9.17) is 10.5 Å². The Morgan fingerprint density at radius 2 is 2.13 bits per heavy atom. The van der Waals surface area contributed by atoms with E-state index in [1.165, 1.54) is 5.56 Å². The van der Waals surface area contributed by atoms with Crippen LogP contribution in [0, 0.1) is 0 Å². The topological polar surface area (TPSA) is 38.5 Å². The maximum atomic E-state index is 5.65. The highest BCUT2D eigenvalue weighted by Crippen LogP contribution is 2.11. The first-order valence-electron chi connectivity index (χ1n) is 5.42. The molecule has 1 aromatic carbocycles. The fourth-order valence-electron chi connectivity index (χ4n) is 1.92. The molecule has 0 spiro atoms. The standard InChI is InChI=1S/C12H18N2O/c1-10-8-14(6-7-15-10)9-11-2-4-12(13)5-3-11/h2-5,10H,6-9,13H2,1H3. The lowest BCUT2D eigenvalue weighted by Gasteiger charge is -2.31. The number of nitrogen functional groups attached to an aromatic ring is 1. The number of rotatable bonds is 2. The molecule has 0 amide bonds. The number of hydrogen-bond acceptors (Lipinski definition) is 3. The van der Waals surface area contributed by atoms with Gasteiger partial charge in [-0.1, -0.05) is 12.1 Å². The van der Waals surface area contributed by atoms with Gasteiger partial charge in [-0.25, -0.2) is 0 Å². The number of ether oxygens (including phenoxy) is 1. The number of anilines is 1. The molecule has 1 saturated heterocycles. The lowest BCUT2D eigenvalue weighted by atomic mass is 10.2. The van der Waals surface area contributed by atoms with E-state index in [-0.39, 0.29) is 0 Å². The normalized spacial score (nSPS) is 22.9. The summed E-state index contributed by atoms with van der Waals surface area (Å²) < 4.78 is 5.50. The number of hydrogen-bond donors (Lipinski definition) is 1. The lowest BCUT2D eigenvalue weighted by molar-refractivity contribution is -0.0212. The average molecular weight is 206 g/mol. The highest BCUT2D eigenvalue weighted by Gasteiger charge is 2.16. The molecule has 1 unspecified atom stereocenters. The molecule has 1 fully saturated rings. The summed E-state index contributed by atoms with van der Waals surface area (Å²) in [6.45, 7) is 6.00. The van der Waals surface area contributed by atoms with Crippen LogP contribution < -0.4 is 5.73 Å². The Balaban J connectivity index is 1.93. The largest absolute Gasteiger partial charge is 0.399 e. The minimum Gasteiger partial charge on any atom is -0.399 e. The lowest BCUT2D eigenvalue weighted by Crippen LogP contribution is -2.40. The molecule has 0 aromatic heterocycles. The molecule has 15 heavy (non-hydrogen) atoms. The summed E-state index contributed by atoms with van der Waals surface area (Å²) in [5, 5.41) is 0. The fourth-order valence-corrected chi connectivity index (χ4v) is 1.92. The molecular weight excluding hydrogens is 188 g/mol. The zero-order valence-corrected chi connectivity index (χ0v) is 9.15. The minimum atomic E-state index is 0.354. The SMILES string of the molecule is CC1CN(Cc2ccc(N)cc2)CCO1. The van der Waals surface area contributed by atoms with Crippen LogP contribution in [0.25, 0.3) is 0 Å². The molecule has 1 atom stereocenters. The Kier molecular flexibility index (Phi) is 3.23. The monoisotopic (exact) mass is 206 g/mol. The third-order valence-electron chi connectivity index (χ3n) is 2.71. The van der Waals surface area contributed by atoms with Gasteiger partial charge in [-0.2, -0.15) is 0 Å². The van der Waals surface area contributed by atoms with Crippen molar-refractivity contribution in [1.82, 2.24) is 4.90 Å². The van der Waals surface area contributed by atoms with Crippen molar-refractivity contribution in [2.45, 2.75) is 19.6 Å². The average Bonchev–Trinajstić information content (AvgIpc) is 2.22. The van der Waals surface area contributed by atoms with Gasteiger partial charge in [0.1, 0.15) is 0 Å². The summed E-state index contributed by atoms with van der Waals surface area (Å²) >= 11 is 0. The fraction of sp³-hybridized carbons (Fsp3) is 0.500. The molecule has 2 rings (SSSR count). The van der Waals surface area contributed by atoms with Gasteiger partial charge < -0.3 is 10.5 Å². The van der Waals surface area contributed by atoms with Crippen LogP contribution >= 0.6 is 0 Å². The van der Waals surface area contributed by atoms with E-state index in [0.717, 1.165) is 31.9 Å². The van der Waals surface area contributed by atoms with Gasteiger partial charge in [0.25, 0.3) is 0 Å². The first-order chi connectivity index (χ1) is 7.24. The van der Waals surface area contributed by atoms with Crippen LogP contribution in [0.15, 0.2) is 24.3 Å². The van der Waals surface area contributed by atoms with Gasteiger partial charge in [0.2, 0.25) is 0 Å². The van der Waals surface area contributed by atoms with Crippen LogP contribution in [-0.4, -0.2) is 30.7 Å². The van der Waals surface area contributed by atoms with Crippen molar-refractivity contribution in [2.75, 3.05) is 25.4 Å². The second-order valence-electron chi connectivity index (χ2n) is 4.16. The van der Waals surface area contributed by atoms with E-state index >= 15 is 0 Å². The predicted octanol–water partition coefficient (Wildman–Crippen LogP) is 1.49. The van der Waals surface area contributed by atoms with E-state index in [9.17, 15) is 0 Å². The van der Waals surface area contributed by atoms with Crippen LogP contribution in [0.3, 0.4) is 0 Å². The van der Waals surface area contributed by atoms with Crippen LogP contribution in [0.2, 0.25) is 0 Å². The molecule has 1 aliphatic rings. The molecule has 1 heterocycles. The maximum Gasteiger partial charge on any atom is 0.0674 e. The molecule has 0 saturated carbocycles. The summed E-state index contributed by atoms with van der Waals surface area (Å²) in [6.07, 6.45) is 0.354. The summed E-state index contributed by atoms with van der Waals surface area (Å²) in [7, 11) is 0. The van der Waals surface area contributed by atoms with Crippen molar-refractivity contribution in [1.29, 1.82) is 0 Å². The molecule has 82 valence electrons. The molecule has 3 heteroatoms.